The summed E-state index contributed by atoms with van der Waals surface area (Å²) in [5, 5.41) is 15.2. The molecule has 4 rings (SSSR count). The van der Waals surface area contributed by atoms with Gasteiger partial charge in [0.2, 0.25) is 14.1 Å². The first-order chi connectivity index (χ1) is 18.9. The summed E-state index contributed by atoms with van der Waals surface area (Å²) in [6.07, 6.45) is 0.879. The normalized spacial score (nSPS) is 15.1. The fourth-order valence-electron chi connectivity index (χ4n) is 4.44. The van der Waals surface area contributed by atoms with Crippen LogP contribution in [0.2, 0.25) is 18.1 Å². The zero-order chi connectivity index (χ0) is 29.2. The van der Waals surface area contributed by atoms with E-state index in [1.165, 1.54) is 5.06 Å². The lowest BCUT2D eigenvalue weighted by molar-refractivity contribution is -0.0903. The summed E-state index contributed by atoms with van der Waals surface area (Å²) in [5.74, 6) is 1.27. The predicted molar refractivity (Wildman–Crippen MR) is 154 cm³/mol. The summed E-state index contributed by atoms with van der Waals surface area (Å²) in [5.41, 5.74) is 3.90. The SMILES string of the molecule is CCOC(=O)N(O[Si](C)(C)C(C)(C)C)C1CCc2c(-c3noc(-c4ccc(OC(C)C)c(C#N)c4)n3)cccc21. The standard InChI is InChI=1S/C30H38N4O5Si/c1-9-36-29(35)34(39-40(7,8)30(4,5)6)25-15-14-22-23(25)11-10-12-24(22)27-32-28(38-33-27)20-13-16-26(37-19(2)3)21(17-20)18-31/h10-13,16-17,19,25H,9,14-15H2,1-8H3. The lowest BCUT2D eigenvalue weighted by atomic mass is 10.0. The van der Waals surface area contributed by atoms with E-state index in [1.807, 2.05) is 32.0 Å². The van der Waals surface area contributed by atoms with Crippen LogP contribution < -0.4 is 4.74 Å². The number of rotatable bonds is 8. The highest BCUT2D eigenvalue weighted by molar-refractivity contribution is 6.74. The van der Waals surface area contributed by atoms with Gasteiger partial charge >= 0.3 is 6.09 Å². The van der Waals surface area contributed by atoms with Crippen LogP contribution in [0, 0.1) is 11.3 Å². The number of fused-ring (bicyclic) bond motifs is 1. The number of benzene rings is 2. The van der Waals surface area contributed by atoms with Crippen molar-refractivity contribution >= 4 is 14.4 Å². The van der Waals surface area contributed by atoms with Gasteiger partial charge in [0.15, 0.2) is 0 Å². The molecule has 2 aromatic carbocycles. The van der Waals surface area contributed by atoms with Gasteiger partial charge in [0, 0.05) is 11.1 Å². The summed E-state index contributed by atoms with van der Waals surface area (Å²) in [7, 11) is -2.33. The van der Waals surface area contributed by atoms with Crippen LogP contribution in [-0.4, -0.2) is 42.3 Å². The molecule has 0 radical (unpaired) electrons. The monoisotopic (exact) mass is 562 g/mol. The maximum atomic E-state index is 13.1. The Balaban J connectivity index is 1.67. The summed E-state index contributed by atoms with van der Waals surface area (Å²) >= 11 is 0. The maximum Gasteiger partial charge on any atom is 0.433 e. The van der Waals surface area contributed by atoms with E-state index < -0.39 is 14.4 Å². The molecule has 1 aliphatic carbocycles. The molecule has 0 spiro atoms. The summed E-state index contributed by atoms with van der Waals surface area (Å²) in [4.78, 5) is 17.8. The predicted octanol–water partition coefficient (Wildman–Crippen LogP) is 7.45. The quantitative estimate of drug-likeness (QED) is 0.206. The van der Waals surface area contributed by atoms with E-state index in [4.69, 9.17) is 18.5 Å². The van der Waals surface area contributed by atoms with Crippen molar-refractivity contribution in [3.8, 4) is 34.7 Å². The van der Waals surface area contributed by atoms with Crippen LogP contribution in [0.1, 0.15) is 70.7 Å². The largest absolute Gasteiger partial charge is 0.490 e. The van der Waals surface area contributed by atoms with Crippen LogP contribution in [0.5, 0.6) is 5.75 Å². The first-order valence-corrected chi connectivity index (χ1v) is 16.6. The molecule has 212 valence electrons. The Morgan fingerprint density at radius 2 is 2.00 bits per heavy atom. The van der Waals surface area contributed by atoms with Crippen LogP contribution in [-0.2, 0) is 15.7 Å². The molecule has 9 nitrogen and oxygen atoms in total. The van der Waals surface area contributed by atoms with Gasteiger partial charge < -0.3 is 18.5 Å². The fourth-order valence-corrected chi connectivity index (χ4v) is 5.41. The Hall–Kier alpha value is -3.68. The highest BCUT2D eigenvalue weighted by atomic mass is 28.4. The number of carbonyl (C=O) groups excluding carboxylic acids is 1. The lowest BCUT2D eigenvalue weighted by Gasteiger charge is -2.41. The van der Waals surface area contributed by atoms with Crippen LogP contribution >= 0.6 is 0 Å². The molecular formula is C30H38N4O5Si. The zero-order valence-corrected chi connectivity index (χ0v) is 25.6. The van der Waals surface area contributed by atoms with Crippen molar-refractivity contribution in [2.45, 2.75) is 84.7 Å². The van der Waals surface area contributed by atoms with Crippen molar-refractivity contribution in [1.82, 2.24) is 15.2 Å². The van der Waals surface area contributed by atoms with E-state index in [0.29, 0.717) is 35.0 Å². The van der Waals surface area contributed by atoms with Crippen LogP contribution in [0.4, 0.5) is 4.79 Å². The van der Waals surface area contributed by atoms with Gasteiger partial charge in [-0.25, -0.2) is 4.79 Å². The Kier molecular flexibility index (Phi) is 8.37. The molecule has 0 aliphatic heterocycles. The zero-order valence-electron chi connectivity index (χ0n) is 24.6. The van der Waals surface area contributed by atoms with Crippen molar-refractivity contribution in [2.24, 2.45) is 0 Å². The number of hydrogen-bond donors (Lipinski definition) is 0. The molecular weight excluding hydrogens is 524 g/mol. The number of aromatic nitrogens is 2. The van der Waals surface area contributed by atoms with Gasteiger partial charge in [-0.05, 0) is 81.1 Å². The molecule has 1 atom stereocenters. The van der Waals surface area contributed by atoms with Crippen molar-refractivity contribution in [3.05, 3.63) is 53.1 Å². The second kappa shape index (κ2) is 11.4. The second-order valence-electron chi connectivity index (χ2n) is 11.7. The number of nitriles is 1. The number of carbonyl (C=O) groups is 1. The van der Waals surface area contributed by atoms with Gasteiger partial charge in [0.05, 0.1) is 24.3 Å². The molecule has 1 heterocycles. The minimum absolute atomic E-state index is 0.0519. The molecule has 0 saturated heterocycles. The number of ether oxygens (including phenoxy) is 2. The van der Waals surface area contributed by atoms with Gasteiger partial charge in [-0.2, -0.15) is 15.3 Å². The van der Waals surface area contributed by atoms with Crippen molar-refractivity contribution in [2.75, 3.05) is 6.61 Å². The van der Waals surface area contributed by atoms with Crippen LogP contribution in [0.3, 0.4) is 0 Å². The third kappa shape index (κ3) is 5.91. The number of hydrogen-bond acceptors (Lipinski definition) is 8. The highest BCUT2D eigenvalue weighted by Gasteiger charge is 2.44. The molecule has 0 N–H and O–H groups in total. The lowest BCUT2D eigenvalue weighted by Crippen LogP contribution is -2.49. The van der Waals surface area contributed by atoms with E-state index in [2.05, 4.69) is 50.1 Å². The van der Waals surface area contributed by atoms with E-state index in [-0.39, 0.29) is 23.8 Å². The topological polar surface area (TPSA) is 111 Å². The molecule has 1 aromatic heterocycles. The second-order valence-corrected chi connectivity index (χ2v) is 16.4. The molecule has 3 aromatic rings. The van der Waals surface area contributed by atoms with Crippen molar-refractivity contribution in [3.63, 3.8) is 0 Å². The summed E-state index contributed by atoms with van der Waals surface area (Å²) in [6.45, 7) is 16.5. The highest BCUT2D eigenvalue weighted by Crippen LogP contribution is 2.44. The maximum absolute atomic E-state index is 13.1. The summed E-state index contributed by atoms with van der Waals surface area (Å²) < 4.78 is 23.3. The molecule has 0 fully saturated rings. The molecule has 10 heteroatoms. The van der Waals surface area contributed by atoms with Gasteiger partial charge in [0.25, 0.3) is 5.89 Å². The molecule has 1 aliphatic rings. The smallest absolute Gasteiger partial charge is 0.433 e. The Morgan fingerprint density at radius 1 is 1.25 bits per heavy atom. The van der Waals surface area contributed by atoms with Gasteiger partial charge in [0.1, 0.15) is 11.8 Å². The average Bonchev–Trinajstić information content (AvgIpc) is 3.54. The third-order valence-corrected chi connectivity index (χ3v) is 11.7. The minimum Gasteiger partial charge on any atom is -0.490 e. The molecule has 0 bridgehead atoms. The Bertz CT molecular complexity index is 1420. The van der Waals surface area contributed by atoms with E-state index in [0.717, 1.165) is 23.1 Å². The van der Waals surface area contributed by atoms with E-state index >= 15 is 0 Å². The number of nitrogens with zero attached hydrogens (tertiary/aromatic N) is 4. The Labute approximate surface area is 237 Å². The minimum atomic E-state index is -2.33. The van der Waals surface area contributed by atoms with Crippen molar-refractivity contribution < 1.29 is 23.3 Å². The van der Waals surface area contributed by atoms with E-state index in [9.17, 15) is 10.1 Å². The third-order valence-electron chi connectivity index (χ3n) is 7.48. The molecule has 40 heavy (non-hydrogen) atoms. The molecule has 1 amide bonds. The molecule has 0 saturated carbocycles. The number of amides is 1. The van der Waals surface area contributed by atoms with Crippen LogP contribution in [0.15, 0.2) is 40.9 Å². The van der Waals surface area contributed by atoms with E-state index in [1.54, 1.807) is 25.1 Å². The van der Waals surface area contributed by atoms with Gasteiger partial charge in [-0.3, -0.25) is 0 Å². The first kappa shape index (κ1) is 29.3. The Morgan fingerprint density at radius 3 is 2.65 bits per heavy atom. The fraction of sp³-hybridized carbons (Fsp3) is 0.467. The van der Waals surface area contributed by atoms with Crippen LogP contribution in [0.25, 0.3) is 22.8 Å². The van der Waals surface area contributed by atoms with Gasteiger partial charge in [-0.15, -0.1) is 0 Å². The van der Waals surface area contributed by atoms with Crippen molar-refractivity contribution in [1.29, 1.82) is 5.26 Å². The summed E-state index contributed by atoms with van der Waals surface area (Å²) in [6, 6.07) is 13.0. The number of hydroxylamine groups is 2. The first-order valence-electron chi connectivity index (χ1n) is 13.7. The average molecular weight is 563 g/mol. The molecule has 1 unspecified atom stereocenters. The van der Waals surface area contributed by atoms with Gasteiger partial charge in [-0.1, -0.05) is 44.1 Å².